The molecule has 1 fully saturated rings. The second-order valence-electron chi connectivity index (χ2n) is 6.39. The molecule has 1 aliphatic heterocycles. The second-order valence-corrected chi connectivity index (χ2v) is 6.39. The number of hydrogen-bond acceptors (Lipinski definition) is 2. The number of carbonyl (C=O) groups excluding carboxylic acids is 1. The molecule has 0 unspecified atom stereocenters. The van der Waals surface area contributed by atoms with Crippen molar-refractivity contribution in [3.8, 4) is 0 Å². The van der Waals surface area contributed by atoms with Crippen LogP contribution in [0.3, 0.4) is 0 Å². The first-order valence-electron chi connectivity index (χ1n) is 6.97. The van der Waals surface area contributed by atoms with E-state index in [2.05, 4.69) is 38.8 Å². The van der Waals surface area contributed by atoms with Gasteiger partial charge in [0, 0.05) is 31.7 Å². The molecule has 1 aromatic carbocycles. The minimum atomic E-state index is -0.00116. The zero-order valence-corrected chi connectivity index (χ0v) is 12.4. The summed E-state index contributed by atoms with van der Waals surface area (Å²) in [4.78, 5) is 16.9. The van der Waals surface area contributed by atoms with Gasteiger partial charge in [0.05, 0.1) is 0 Å². The fraction of sp³-hybridized carbons (Fsp3) is 0.562. The highest BCUT2D eigenvalue weighted by molar-refractivity contribution is 5.96. The first-order chi connectivity index (χ1) is 8.89. The quantitative estimate of drug-likeness (QED) is 0.774. The molecule has 0 spiro atoms. The molecule has 0 aliphatic carbocycles. The van der Waals surface area contributed by atoms with Crippen LogP contribution in [-0.4, -0.2) is 48.9 Å². The molecule has 1 aliphatic rings. The van der Waals surface area contributed by atoms with Crippen molar-refractivity contribution >= 4 is 5.91 Å². The molecule has 1 aromatic rings. The summed E-state index contributed by atoms with van der Waals surface area (Å²) in [5.41, 5.74) is 2.00. The molecule has 2 rings (SSSR count). The fourth-order valence-corrected chi connectivity index (χ4v) is 2.50. The van der Waals surface area contributed by atoms with Crippen LogP contribution in [0.2, 0.25) is 0 Å². The molecule has 1 amide bonds. The van der Waals surface area contributed by atoms with Gasteiger partial charge < -0.3 is 9.80 Å². The van der Waals surface area contributed by atoms with Gasteiger partial charge in [-0.2, -0.15) is 0 Å². The Morgan fingerprint density at radius 3 is 2.21 bits per heavy atom. The van der Waals surface area contributed by atoms with Gasteiger partial charge in [0.2, 0.25) is 0 Å². The SMILES string of the molecule is CN1CCN(C(=O)c2ccccc2C(C)(C)C)CC1. The third-order valence-corrected chi connectivity index (χ3v) is 3.76. The van der Waals surface area contributed by atoms with Gasteiger partial charge in [-0.05, 0) is 24.1 Å². The van der Waals surface area contributed by atoms with Crippen LogP contribution in [-0.2, 0) is 5.41 Å². The first kappa shape index (κ1) is 14.1. The lowest BCUT2D eigenvalue weighted by molar-refractivity contribution is 0.0661. The van der Waals surface area contributed by atoms with E-state index in [-0.39, 0.29) is 11.3 Å². The van der Waals surface area contributed by atoms with E-state index in [0.717, 1.165) is 37.3 Å². The Kier molecular flexibility index (Phi) is 3.95. The van der Waals surface area contributed by atoms with Gasteiger partial charge in [-0.3, -0.25) is 4.79 Å². The summed E-state index contributed by atoms with van der Waals surface area (Å²) < 4.78 is 0. The third kappa shape index (κ3) is 3.16. The van der Waals surface area contributed by atoms with Crippen LogP contribution in [0.4, 0.5) is 0 Å². The Bertz CT molecular complexity index is 454. The van der Waals surface area contributed by atoms with E-state index in [1.54, 1.807) is 0 Å². The Hall–Kier alpha value is -1.35. The largest absolute Gasteiger partial charge is 0.336 e. The van der Waals surface area contributed by atoms with Crippen molar-refractivity contribution in [2.24, 2.45) is 0 Å². The highest BCUT2D eigenvalue weighted by Crippen LogP contribution is 2.26. The van der Waals surface area contributed by atoms with Crippen LogP contribution < -0.4 is 0 Å². The fourth-order valence-electron chi connectivity index (χ4n) is 2.50. The van der Waals surface area contributed by atoms with Crippen LogP contribution in [0.5, 0.6) is 0 Å². The van der Waals surface area contributed by atoms with E-state index in [0.29, 0.717) is 0 Å². The lowest BCUT2D eigenvalue weighted by Crippen LogP contribution is -2.47. The van der Waals surface area contributed by atoms with Crippen molar-refractivity contribution in [2.45, 2.75) is 26.2 Å². The molecule has 19 heavy (non-hydrogen) atoms. The number of rotatable bonds is 1. The average molecular weight is 260 g/mol. The van der Waals surface area contributed by atoms with E-state index in [1.807, 2.05) is 23.1 Å². The van der Waals surface area contributed by atoms with Crippen LogP contribution in [0.1, 0.15) is 36.7 Å². The van der Waals surface area contributed by atoms with Gasteiger partial charge in [0.1, 0.15) is 0 Å². The summed E-state index contributed by atoms with van der Waals surface area (Å²) in [5.74, 6) is 0.179. The van der Waals surface area contributed by atoms with Crippen molar-refractivity contribution in [1.29, 1.82) is 0 Å². The molecule has 0 radical (unpaired) electrons. The lowest BCUT2D eigenvalue weighted by Gasteiger charge is -2.33. The summed E-state index contributed by atoms with van der Waals surface area (Å²) in [5, 5.41) is 0. The van der Waals surface area contributed by atoms with Crippen LogP contribution >= 0.6 is 0 Å². The number of carbonyl (C=O) groups is 1. The predicted octanol–water partition coefficient (Wildman–Crippen LogP) is 2.37. The van der Waals surface area contributed by atoms with E-state index in [4.69, 9.17) is 0 Å². The molecular weight excluding hydrogens is 236 g/mol. The first-order valence-corrected chi connectivity index (χ1v) is 6.97. The molecule has 3 heteroatoms. The zero-order chi connectivity index (χ0) is 14.0. The highest BCUT2D eigenvalue weighted by Gasteiger charge is 2.26. The summed E-state index contributed by atoms with van der Waals surface area (Å²) in [6.45, 7) is 10.0. The van der Waals surface area contributed by atoms with Gasteiger partial charge in [0.25, 0.3) is 5.91 Å². The Labute approximate surface area is 116 Å². The third-order valence-electron chi connectivity index (χ3n) is 3.76. The zero-order valence-electron chi connectivity index (χ0n) is 12.4. The maximum atomic E-state index is 12.7. The maximum Gasteiger partial charge on any atom is 0.254 e. The number of hydrogen-bond donors (Lipinski definition) is 0. The summed E-state index contributed by atoms with van der Waals surface area (Å²) >= 11 is 0. The van der Waals surface area contributed by atoms with E-state index >= 15 is 0 Å². The smallest absolute Gasteiger partial charge is 0.254 e. The van der Waals surface area contributed by atoms with Crippen LogP contribution in [0, 0.1) is 0 Å². The monoisotopic (exact) mass is 260 g/mol. The Morgan fingerprint density at radius 1 is 1.05 bits per heavy atom. The predicted molar refractivity (Wildman–Crippen MR) is 78.5 cm³/mol. The molecular formula is C16H24N2O. The van der Waals surface area contributed by atoms with Crippen molar-refractivity contribution in [3.05, 3.63) is 35.4 Å². The van der Waals surface area contributed by atoms with Gasteiger partial charge >= 0.3 is 0 Å². The standard InChI is InChI=1S/C16H24N2O/c1-16(2,3)14-8-6-5-7-13(14)15(19)18-11-9-17(4)10-12-18/h5-8H,9-12H2,1-4H3. The number of nitrogens with zero attached hydrogens (tertiary/aromatic N) is 2. The lowest BCUT2D eigenvalue weighted by atomic mass is 9.83. The van der Waals surface area contributed by atoms with Crippen molar-refractivity contribution in [2.75, 3.05) is 33.2 Å². The van der Waals surface area contributed by atoms with Gasteiger partial charge in [-0.1, -0.05) is 39.0 Å². The number of amides is 1. The summed E-state index contributed by atoms with van der Waals surface area (Å²) in [6, 6.07) is 8.00. The number of benzene rings is 1. The Balaban J connectivity index is 2.24. The molecule has 1 saturated heterocycles. The minimum Gasteiger partial charge on any atom is -0.336 e. The number of likely N-dealkylation sites (N-methyl/N-ethyl adjacent to an activating group) is 1. The molecule has 3 nitrogen and oxygen atoms in total. The van der Waals surface area contributed by atoms with E-state index < -0.39 is 0 Å². The number of piperazine rings is 1. The summed E-state index contributed by atoms with van der Waals surface area (Å²) in [7, 11) is 2.10. The van der Waals surface area contributed by atoms with Crippen molar-refractivity contribution in [1.82, 2.24) is 9.80 Å². The molecule has 0 aromatic heterocycles. The minimum absolute atomic E-state index is 0.00116. The summed E-state index contributed by atoms with van der Waals surface area (Å²) in [6.07, 6.45) is 0. The normalized spacial score (nSPS) is 17.6. The molecule has 1 heterocycles. The van der Waals surface area contributed by atoms with Crippen LogP contribution in [0.15, 0.2) is 24.3 Å². The van der Waals surface area contributed by atoms with Gasteiger partial charge in [-0.15, -0.1) is 0 Å². The maximum absolute atomic E-state index is 12.7. The Morgan fingerprint density at radius 2 is 1.63 bits per heavy atom. The van der Waals surface area contributed by atoms with E-state index in [9.17, 15) is 4.79 Å². The van der Waals surface area contributed by atoms with Gasteiger partial charge in [-0.25, -0.2) is 0 Å². The molecule has 0 N–H and O–H groups in total. The molecule has 0 atom stereocenters. The van der Waals surface area contributed by atoms with Crippen LogP contribution in [0.25, 0.3) is 0 Å². The molecule has 0 saturated carbocycles. The molecule has 104 valence electrons. The highest BCUT2D eigenvalue weighted by atomic mass is 16.2. The van der Waals surface area contributed by atoms with Gasteiger partial charge in [0.15, 0.2) is 0 Å². The average Bonchev–Trinajstić information content (AvgIpc) is 2.38. The van der Waals surface area contributed by atoms with Crippen molar-refractivity contribution in [3.63, 3.8) is 0 Å². The molecule has 0 bridgehead atoms. The second kappa shape index (κ2) is 5.33. The van der Waals surface area contributed by atoms with E-state index in [1.165, 1.54) is 0 Å². The van der Waals surface area contributed by atoms with Crippen molar-refractivity contribution < 1.29 is 4.79 Å². The topological polar surface area (TPSA) is 23.6 Å².